The van der Waals surface area contributed by atoms with E-state index in [1.54, 1.807) is 34.5 Å². The number of benzene rings is 2. The van der Waals surface area contributed by atoms with Gasteiger partial charge >= 0.3 is 5.69 Å². The second kappa shape index (κ2) is 14.1. The maximum atomic E-state index is 13.2. The number of anilines is 1. The molecule has 272 valence electrons. The van der Waals surface area contributed by atoms with E-state index in [1.165, 1.54) is 16.7 Å². The van der Waals surface area contributed by atoms with Crippen LogP contribution in [0.25, 0.3) is 11.0 Å². The van der Waals surface area contributed by atoms with Crippen LogP contribution in [0.15, 0.2) is 83.9 Å². The number of rotatable bonds is 12. The third-order valence-corrected chi connectivity index (χ3v) is 10.4. The van der Waals surface area contributed by atoms with Crippen LogP contribution in [0.5, 0.6) is 5.75 Å². The molecule has 53 heavy (non-hydrogen) atoms. The maximum Gasteiger partial charge on any atom is 0.329 e. The quantitative estimate of drug-likeness (QED) is 0.0747. The molecule has 8 rings (SSSR count). The molecule has 3 fully saturated rings. The Kier molecular flexibility index (Phi) is 9.08. The average Bonchev–Trinajstić information content (AvgIpc) is 3.94. The molecule has 0 saturated carbocycles. The molecule has 3 saturated heterocycles. The SMILES string of the molecule is Cn1c(=O)n(C2CCC(=O)NC2=O)c2cccc(CNCCc3cn(Cc4cccc(N5C[C@H]6C[C@@H]5CN6/C=C/C(=O)c5ccccc5O)n4)nn3)c21. The monoisotopic (exact) mass is 716 g/mol. The molecule has 3 aliphatic rings. The number of para-hydroxylation sites is 2. The van der Waals surface area contributed by atoms with Gasteiger partial charge in [-0.1, -0.05) is 35.5 Å². The van der Waals surface area contributed by atoms with E-state index in [1.807, 2.05) is 48.8 Å². The van der Waals surface area contributed by atoms with Gasteiger partial charge in [-0.15, -0.1) is 5.10 Å². The predicted molar refractivity (Wildman–Crippen MR) is 195 cm³/mol. The van der Waals surface area contributed by atoms with Crippen molar-refractivity contribution in [2.24, 2.45) is 7.05 Å². The molecule has 0 radical (unpaired) electrons. The number of imide groups is 1. The number of nitrogens with zero attached hydrogens (tertiary/aromatic N) is 8. The first-order valence-corrected chi connectivity index (χ1v) is 17.8. The fourth-order valence-corrected chi connectivity index (χ4v) is 7.84. The summed E-state index contributed by atoms with van der Waals surface area (Å²) in [6.45, 7) is 3.24. The van der Waals surface area contributed by atoms with Gasteiger partial charge in [0.25, 0.3) is 0 Å². The van der Waals surface area contributed by atoms with Gasteiger partial charge in [0.2, 0.25) is 11.8 Å². The standard InChI is InChI=1S/C38H40N10O5/c1-44-36-24(6-4-9-30(36)48(38(44)53)31-12-13-35(51)41-37(31)52)19-39-16-14-26-21-46(43-42-26)20-25-7-5-11-34(40-25)47-23-27-18-28(47)22-45(27)17-15-33(50)29-8-2-3-10-32(29)49/h2-11,15,17,21,27-28,31,39,49H,12-14,16,18-20,22-23H2,1H3,(H,41,51,52)/b17-15+/t27-,28-,31?/m1/s1. The van der Waals surface area contributed by atoms with Gasteiger partial charge in [-0.2, -0.15) is 0 Å². The first-order chi connectivity index (χ1) is 25.7. The molecule has 5 aromatic rings. The van der Waals surface area contributed by atoms with E-state index in [0.29, 0.717) is 49.6 Å². The summed E-state index contributed by atoms with van der Waals surface area (Å²) in [4.78, 5) is 59.6. The van der Waals surface area contributed by atoms with Crippen LogP contribution < -0.4 is 21.2 Å². The molecule has 3 aliphatic heterocycles. The van der Waals surface area contributed by atoms with E-state index >= 15 is 0 Å². The molecule has 0 spiro atoms. The fourth-order valence-electron chi connectivity index (χ4n) is 7.84. The number of hydrogen-bond acceptors (Lipinski definition) is 11. The van der Waals surface area contributed by atoms with Crippen molar-refractivity contribution in [3.8, 4) is 5.75 Å². The minimum Gasteiger partial charge on any atom is -0.507 e. The number of aromatic hydroxyl groups is 1. The Morgan fingerprint density at radius 3 is 2.68 bits per heavy atom. The highest BCUT2D eigenvalue weighted by Crippen LogP contribution is 2.34. The lowest BCUT2D eigenvalue weighted by molar-refractivity contribution is -0.135. The number of aryl methyl sites for hydroxylation is 1. The topological polar surface area (TPSA) is 173 Å². The van der Waals surface area contributed by atoms with Crippen molar-refractivity contribution in [2.75, 3.05) is 24.5 Å². The summed E-state index contributed by atoms with van der Waals surface area (Å²) in [7, 11) is 1.70. The number of piperidine rings is 1. The molecule has 3 atom stereocenters. The lowest BCUT2D eigenvalue weighted by Crippen LogP contribution is -2.44. The Labute approximate surface area is 304 Å². The Hall–Kier alpha value is -6.09. The smallest absolute Gasteiger partial charge is 0.329 e. The highest BCUT2D eigenvalue weighted by molar-refractivity contribution is 6.06. The zero-order chi connectivity index (χ0) is 36.6. The summed E-state index contributed by atoms with van der Waals surface area (Å²) >= 11 is 0. The number of phenolic OH excluding ortho intramolecular Hbond substituents is 1. The Balaban J connectivity index is 0.843. The van der Waals surface area contributed by atoms with Gasteiger partial charge in [-0.25, -0.2) is 14.5 Å². The summed E-state index contributed by atoms with van der Waals surface area (Å²) in [5, 5.41) is 24.5. The number of phenols is 1. The van der Waals surface area contributed by atoms with Crippen LogP contribution >= 0.6 is 0 Å². The zero-order valence-electron chi connectivity index (χ0n) is 29.3. The third kappa shape index (κ3) is 6.70. The number of ketones is 1. The number of imidazole rings is 1. The van der Waals surface area contributed by atoms with Gasteiger partial charge in [0.15, 0.2) is 5.78 Å². The summed E-state index contributed by atoms with van der Waals surface area (Å²) in [5.41, 5.74) is 4.08. The van der Waals surface area contributed by atoms with Crippen LogP contribution in [0.4, 0.5) is 5.82 Å². The highest BCUT2D eigenvalue weighted by atomic mass is 16.3. The zero-order valence-corrected chi connectivity index (χ0v) is 29.3. The molecule has 2 aromatic carbocycles. The third-order valence-electron chi connectivity index (χ3n) is 10.4. The second-order valence-electron chi connectivity index (χ2n) is 13.9. The van der Waals surface area contributed by atoms with Crippen LogP contribution in [0, 0.1) is 0 Å². The minimum atomic E-state index is -0.723. The molecule has 3 N–H and O–H groups in total. The number of pyridine rings is 1. The summed E-state index contributed by atoms with van der Waals surface area (Å²) in [6.07, 6.45) is 7.45. The van der Waals surface area contributed by atoms with Crippen molar-refractivity contribution in [1.82, 2.24) is 44.6 Å². The molecule has 1 unspecified atom stereocenters. The number of hydrogen-bond donors (Lipinski definition) is 3. The van der Waals surface area contributed by atoms with Crippen LogP contribution in [-0.2, 0) is 36.1 Å². The number of likely N-dealkylation sites (tertiary alicyclic amines) is 1. The van der Waals surface area contributed by atoms with Crippen LogP contribution in [0.2, 0.25) is 0 Å². The normalized spacial score (nSPS) is 19.9. The molecule has 15 heteroatoms. The van der Waals surface area contributed by atoms with Crippen molar-refractivity contribution in [2.45, 2.75) is 56.9 Å². The van der Waals surface area contributed by atoms with E-state index in [-0.39, 0.29) is 35.6 Å². The predicted octanol–water partition coefficient (Wildman–Crippen LogP) is 2.05. The van der Waals surface area contributed by atoms with Gasteiger partial charge in [-0.05, 0) is 48.7 Å². The molecular weight excluding hydrogens is 676 g/mol. The molecule has 3 aromatic heterocycles. The van der Waals surface area contributed by atoms with Gasteiger partial charge in [0, 0.05) is 76.6 Å². The number of carbonyl (C=O) groups excluding carboxylic acids is 3. The van der Waals surface area contributed by atoms with E-state index in [0.717, 1.165) is 47.8 Å². The van der Waals surface area contributed by atoms with Gasteiger partial charge in [0.05, 0.1) is 34.5 Å². The Bertz CT molecular complexity index is 2310. The number of carbonyl (C=O) groups is 3. The maximum absolute atomic E-state index is 13.2. The minimum absolute atomic E-state index is 0.0134. The van der Waals surface area contributed by atoms with Crippen molar-refractivity contribution in [3.05, 3.63) is 112 Å². The first kappa shape index (κ1) is 34.0. The average molecular weight is 717 g/mol. The summed E-state index contributed by atoms with van der Waals surface area (Å²) in [5.74, 6) is -0.0713. The number of amides is 2. The van der Waals surface area contributed by atoms with Gasteiger partial charge in [0.1, 0.15) is 17.6 Å². The fraction of sp³-hybridized carbons (Fsp3) is 0.342. The van der Waals surface area contributed by atoms with Crippen molar-refractivity contribution in [3.63, 3.8) is 0 Å². The molecule has 0 aliphatic carbocycles. The van der Waals surface area contributed by atoms with Gasteiger partial charge < -0.3 is 20.2 Å². The molecule has 2 amide bonds. The van der Waals surface area contributed by atoms with E-state index < -0.39 is 11.9 Å². The van der Waals surface area contributed by atoms with E-state index in [9.17, 15) is 24.3 Å². The highest BCUT2D eigenvalue weighted by Gasteiger charge is 2.42. The lowest BCUT2D eigenvalue weighted by atomic mass is 10.1. The van der Waals surface area contributed by atoms with Crippen LogP contribution in [-0.4, -0.2) is 88.4 Å². The molecular formula is C38H40N10O5. The van der Waals surface area contributed by atoms with E-state index in [2.05, 4.69) is 30.7 Å². The van der Waals surface area contributed by atoms with Crippen LogP contribution in [0.1, 0.15) is 52.6 Å². The van der Waals surface area contributed by atoms with Crippen LogP contribution in [0.3, 0.4) is 0 Å². The number of allylic oxidation sites excluding steroid dienone is 1. The Morgan fingerprint density at radius 1 is 1.02 bits per heavy atom. The molecule has 15 nitrogen and oxygen atoms in total. The van der Waals surface area contributed by atoms with Crippen molar-refractivity contribution >= 4 is 34.4 Å². The first-order valence-electron chi connectivity index (χ1n) is 17.8. The largest absolute Gasteiger partial charge is 0.507 e. The number of piperazine rings is 1. The molecule has 6 heterocycles. The van der Waals surface area contributed by atoms with Gasteiger partial charge in [-0.3, -0.25) is 28.8 Å². The summed E-state index contributed by atoms with van der Waals surface area (Å²) < 4.78 is 4.85. The number of nitrogens with one attached hydrogen (secondary N) is 2. The van der Waals surface area contributed by atoms with E-state index in [4.69, 9.17) is 4.98 Å². The Morgan fingerprint density at radius 2 is 1.87 bits per heavy atom. The number of aromatic nitrogens is 6. The van der Waals surface area contributed by atoms with Crippen molar-refractivity contribution in [1.29, 1.82) is 0 Å². The lowest BCUT2D eigenvalue weighted by Gasteiger charge is -2.34. The summed E-state index contributed by atoms with van der Waals surface area (Å²) in [6, 6.07) is 18.1. The number of fused-ring (bicyclic) bond motifs is 3. The van der Waals surface area contributed by atoms with Crippen molar-refractivity contribution < 1.29 is 19.5 Å². The second-order valence-corrected chi connectivity index (χ2v) is 13.9. The molecule has 2 bridgehead atoms.